The number of anilines is 1. The van der Waals surface area contributed by atoms with Crippen LogP contribution in [0.3, 0.4) is 0 Å². The molecule has 4 rings (SSSR count). The highest BCUT2D eigenvalue weighted by Gasteiger charge is 2.32. The fourth-order valence-corrected chi connectivity index (χ4v) is 4.35. The number of carbonyl (C=O) groups is 2. The van der Waals surface area contributed by atoms with Gasteiger partial charge in [-0.25, -0.2) is 4.39 Å². The van der Waals surface area contributed by atoms with Crippen LogP contribution in [0.2, 0.25) is 0 Å². The first-order valence-electron chi connectivity index (χ1n) is 11.7. The third kappa shape index (κ3) is 5.47. The van der Waals surface area contributed by atoms with E-state index in [1.165, 1.54) is 21.8 Å². The number of benzene rings is 2. The lowest BCUT2D eigenvalue weighted by Gasteiger charge is -2.31. The quantitative estimate of drug-likeness (QED) is 0.549. The fraction of sp³-hybridized carbons (Fsp3) is 0.400. The van der Waals surface area contributed by atoms with E-state index >= 15 is 0 Å². The minimum Gasteiger partial charge on any atom is -0.352 e. The summed E-state index contributed by atoms with van der Waals surface area (Å²) in [6.07, 6.45) is 4.61. The number of aryl methyl sites for hydroxylation is 1. The van der Waals surface area contributed by atoms with Gasteiger partial charge in [-0.1, -0.05) is 31.9 Å². The summed E-state index contributed by atoms with van der Waals surface area (Å²) in [7, 11) is 0. The Morgan fingerprint density at radius 1 is 1.18 bits per heavy atom. The number of halogens is 1. The average Bonchev–Trinajstić information content (AvgIpc) is 3.50. The highest BCUT2D eigenvalue weighted by atomic mass is 19.1. The van der Waals surface area contributed by atoms with E-state index in [1.807, 2.05) is 38.1 Å². The molecule has 1 saturated carbocycles. The molecule has 1 N–H and O–H groups in total. The fourth-order valence-electron chi connectivity index (χ4n) is 4.35. The van der Waals surface area contributed by atoms with E-state index in [1.54, 1.807) is 12.1 Å². The zero-order chi connectivity index (χ0) is 24.1. The predicted molar refractivity (Wildman–Crippen MR) is 126 cm³/mol. The Morgan fingerprint density at radius 2 is 1.91 bits per heavy atom. The molecule has 1 heterocycles. The van der Waals surface area contributed by atoms with Crippen molar-refractivity contribution in [1.82, 2.24) is 25.5 Å². The summed E-state index contributed by atoms with van der Waals surface area (Å²) >= 11 is 0. The van der Waals surface area contributed by atoms with Crippen LogP contribution < -0.4 is 10.2 Å². The van der Waals surface area contributed by atoms with Crippen LogP contribution in [0.25, 0.3) is 11.4 Å². The van der Waals surface area contributed by atoms with Crippen molar-refractivity contribution in [2.24, 2.45) is 0 Å². The second kappa shape index (κ2) is 10.5. The van der Waals surface area contributed by atoms with Gasteiger partial charge in [0.25, 0.3) is 5.91 Å². The van der Waals surface area contributed by atoms with Crippen molar-refractivity contribution in [1.29, 1.82) is 0 Å². The average molecular weight is 465 g/mol. The Kier molecular flexibility index (Phi) is 7.30. The van der Waals surface area contributed by atoms with Crippen LogP contribution >= 0.6 is 0 Å². The van der Waals surface area contributed by atoms with Gasteiger partial charge in [0.15, 0.2) is 0 Å². The van der Waals surface area contributed by atoms with Crippen molar-refractivity contribution in [2.45, 2.75) is 64.6 Å². The molecule has 1 aliphatic carbocycles. The Hall–Kier alpha value is -3.62. The van der Waals surface area contributed by atoms with E-state index in [0.29, 0.717) is 23.5 Å². The van der Waals surface area contributed by atoms with Crippen LogP contribution in [0.4, 0.5) is 10.1 Å². The Labute approximate surface area is 198 Å². The summed E-state index contributed by atoms with van der Waals surface area (Å²) in [6.45, 7) is 3.66. The number of aromatic nitrogens is 4. The molecule has 34 heavy (non-hydrogen) atoms. The van der Waals surface area contributed by atoms with Crippen molar-refractivity contribution in [3.05, 3.63) is 59.9 Å². The van der Waals surface area contributed by atoms with Crippen LogP contribution in [0.5, 0.6) is 0 Å². The molecular weight excluding hydrogens is 435 g/mol. The number of hydrogen-bond donors (Lipinski definition) is 1. The monoisotopic (exact) mass is 464 g/mol. The largest absolute Gasteiger partial charge is 0.352 e. The Balaban J connectivity index is 1.57. The van der Waals surface area contributed by atoms with Gasteiger partial charge in [0.05, 0.1) is 0 Å². The molecule has 0 saturated heterocycles. The second-order valence-electron chi connectivity index (χ2n) is 8.67. The first-order valence-corrected chi connectivity index (χ1v) is 11.7. The van der Waals surface area contributed by atoms with Gasteiger partial charge in [0.2, 0.25) is 11.7 Å². The number of rotatable bonds is 8. The molecule has 1 fully saturated rings. The summed E-state index contributed by atoms with van der Waals surface area (Å²) in [5.74, 6) is -0.535. The summed E-state index contributed by atoms with van der Waals surface area (Å²) in [5.41, 5.74) is 2.23. The van der Waals surface area contributed by atoms with Crippen molar-refractivity contribution in [3.8, 4) is 11.4 Å². The molecular formula is C25H29FN6O2. The molecule has 8 nitrogen and oxygen atoms in total. The van der Waals surface area contributed by atoms with Gasteiger partial charge >= 0.3 is 0 Å². The molecule has 3 aromatic rings. The predicted octanol–water partition coefficient (Wildman–Crippen LogP) is 3.66. The van der Waals surface area contributed by atoms with Crippen molar-refractivity contribution >= 4 is 17.5 Å². The van der Waals surface area contributed by atoms with E-state index in [-0.39, 0.29) is 30.2 Å². The van der Waals surface area contributed by atoms with Gasteiger partial charge in [-0.15, -0.1) is 10.2 Å². The summed E-state index contributed by atoms with van der Waals surface area (Å²) in [4.78, 5) is 29.5. The van der Waals surface area contributed by atoms with E-state index in [4.69, 9.17) is 0 Å². The molecule has 9 heteroatoms. The Bertz CT molecular complexity index is 1140. The first-order chi connectivity index (χ1) is 16.4. The molecule has 0 bridgehead atoms. The van der Waals surface area contributed by atoms with Gasteiger partial charge in [-0.05, 0) is 73.4 Å². The first kappa shape index (κ1) is 23.5. The molecule has 1 atom stereocenters. The molecule has 1 aliphatic rings. The summed E-state index contributed by atoms with van der Waals surface area (Å²) < 4.78 is 13.2. The summed E-state index contributed by atoms with van der Waals surface area (Å²) in [6, 6.07) is 12.8. The SMILES string of the molecule is CC[C@@H](C(=O)NC1CCCC1)N(C(=O)Cn1nnc(-c2ccc(F)cc2)n1)c1cccc(C)c1. The minimum absolute atomic E-state index is 0.150. The molecule has 0 unspecified atom stereocenters. The van der Waals surface area contributed by atoms with Gasteiger partial charge in [-0.3, -0.25) is 14.5 Å². The second-order valence-corrected chi connectivity index (χ2v) is 8.67. The minimum atomic E-state index is -0.657. The van der Waals surface area contributed by atoms with E-state index in [2.05, 4.69) is 20.7 Å². The molecule has 0 spiro atoms. The van der Waals surface area contributed by atoms with Gasteiger partial charge in [-0.2, -0.15) is 4.80 Å². The van der Waals surface area contributed by atoms with Gasteiger partial charge in [0, 0.05) is 17.3 Å². The normalized spacial score (nSPS) is 14.7. The van der Waals surface area contributed by atoms with Gasteiger partial charge < -0.3 is 5.32 Å². The number of amides is 2. The van der Waals surface area contributed by atoms with Crippen LogP contribution in [0.15, 0.2) is 48.5 Å². The maximum Gasteiger partial charge on any atom is 0.251 e. The van der Waals surface area contributed by atoms with Crippen LogP contribution in [0, 0.1) is 12.7 Å². The van der Waals surface area contributed by atoms with Crippen molar-refractivity contribution in [2.75, 3.05) is 4.90 Å². The molecule has 0 aliphatic heterocycles. The smallest absolute Gasteiger partial charge is 0.251 e. The highest BCUT2D eigenvalue weighted by Crippen LogP contribution is 2.23. The topological polar surface area (TPSA) is 93.0 Å². The maximum absolute atomic E-state index is 13.5. The van der Waals surface area contributed by atoms with E-state index < -0.39 is 6.04 Å². The molecule has 2 amide bonds. The Morgan fingerprint density at radius 3 is 2.59 bits per heavy atom. The lowest BCUT2D eigenvalue weighted by atomic mass is 10.1. The lowest BCUT2D eigenvalue weighted by Crippen LogP contribution is -2.52. The molecule has 178 valence electrons. The molecule has 1 aromatic heterocycles. The van der Waals surface area contributed by atoms with E-state index in [0.717, 1.165) is 31.2 Å². The standard InChI is InChI=1S/C25H29FN6O2/c1-3-22(25(34)27-20-8-4-5-9-20)32(21-10-6-7-17(2)15-21)23(33)16-31-29-24(28-30-31)18-11-13-19(26)14-12-18/h6-7,10-15,20,22H,3-5,8-9,16H2,1-2H3,(H,27,34)/t22-/m0/s1. The number of nitrogens with one attached hydrogen (secondary N) is 1. The number of nitrogens with zero attached hydrogens (tertiary/aromatic N) is 5. The third-order valence-electron chi connectivity index (χ3n) is 6.08. The van der Waals surface area contributed by atoms with Crippen LogP contribution in [0.1, 0.15) is 44.6 Å². The van der Waals surface area contributed by atoms with E-state index in [9.17, 15) is 14.0 Å². The zero-order valence-electron chi connectivity index (χ0n) is 19.4. The third-order valence-corrected chi connectivity index (χ3v) is 6.08. The van der Waals surface area contributed by atoms with Crippen LogP contribution in [-0.4, -0.2) is 44.1 Å². The van der Waals surface area contributed by atoms with Gasteiger partial charge in [0.1, 0.15) is 18.4 Å². The van der Waals surface area contributed by atoms with Crippen molar-refractivity contribution in [3.63, 3.8) is 0 Å². The zero-order valence-corrected chi connectivity index (χ0v) is 19.4. The lowest BCUT2D eigenvalue weighted by molar-refractivity contribution is -0.127. The number of carbonyl (C=O) groups excluding carboxylic acids is 2. The highest BCUT2D eigenvalue weighted by molar-refractivity contribution is 6.00. The number of hydrogen-bond acceptors (Lipinski definition) is 5. The summed E-state index contributed by atoms with van der Waals surface area (Å²) in [5, 5.41) is 15.4. The van der Waals surface area contributed by atoms with Crippen molar-refractivity contribution < 1.29 is 14.0 Å². The number of tetrazole rings is 1. The molecule has 2 aromatic carbocycles. The molecule has 0 radical (unpaired) electrons. The maximum atomic E-state index is 13.5. The van der Waals surface area contributed by atoms with Crippen LogP contribution in [-0.2, 0) is 16.1 Å².